The Morgan fingerprint density at radius 1 is 1.44 bits per heavy atom. The number of aromatic nitrogens is 2. The molecule has 0 spiro atoms. The van der Waals surface area contributed by atoms with Crippen LogP contribution in [0.5, 0.6) is 0 Å². The summed E-state index contributed by atoms with van der Waals surface area (Å²) in [5.41, 5.74) is 0.274. The Balaban J connectivity index is 2.12. The summed E-state index contributed by atoms with van der Waals surface area (Å²) in [6, 6.07) is 5.35. The SMILES string of the molecule is Cc1cc(CS(=O)(=O)Nc2cccc(F)n2)no1. The van der Waals surface area contributed by atoms with E-state index < -0.39 is 16.0 Å². The van der Waals surface area contributed by atoms with Gasteiger partial charge in [0.1, 0.15) is 23.0 Å². The van der Waals surface area contributed by atoms with Gasteiger partial charge in [-0.15, -0.1) is 0 Å². The van der Waals surface area contributed by atoms with E-state index in [0.717, 1.165) is 6.07 Å². The summed E-state index contributed by atoms with van der Waals surface area (Å²) in [5.74, 6) is -0.672. The number of nitrogens with one attached hydrogen (secondary N) is 1. The lowest BCUT2D eigenvalue weighted by Gasteiger charge is -2.04. The summed E-state index contributed by atoms with van der Waals surface area (Å²) in [7, 11) is -3.69. The van der Waals surface area contributed by atoms with Gasteiger partial charge in [0.2, 0.25) is 16.0 Å². The van der Waals surface area contributed by atoms with Gasteiger partial charge in [0.05, 0.1) is 0 Å². The molecule has 2 heterocycles. The molecule has 0 atom stereocenters. The van der Waals surface area contributed by atoms with Crippen LogP contribution in [0.25, 0.3) is 0 Å². The molecule has 0 aliphatic carbocycles. The van der Waals surface area contributed by atoms with Crippen LogP contribution in [0.1, 0.15) is 11.5 Å². The third-order valence-corrected chi connectivity index (χ3v) is 3.19. The van der Waals surface area contributed by atoms with Gasteiger partial charge in [-0.25, -0.2) is 13.4 Å². The molecule has 0 fully saturated rings. The number of nitrogens with zero attached hydrogens (tertiary/aromatic N) is 2. The van der Waals surface area contributed by atoms with E-state index in [1.54, 1.807) is 6.92 Å². The number of anilines is 1. The molecule has 6 nitrogen and oxygen atoms in total. The number of hydrogen-bond acceptors (Lipinski definition) is 5. The highest BCUT2D eigenvalue weighted by Gasteiger charge is 2.15. The second-order valence-corrected chi connectivity index (χ2v) is 5.36. The van der Waals surface area contributed by atoms with Gasteiger partial charge < -0.3 is 4.52 Å². The molecule has 0 aromatic carbocycles. The zero-order chi connectivity index (χ0) is 13.2. The van der Waals surface area contributed by atoms with E-state index in [1.807, 2.05) is 0 Å². The molecule has 8 heteroatoms. The van der Waals surface area contributed by atoms with Crippen molar-refractivity contribution in [2.45, 2.75) is 12.7 Å². The van der Waals surface area contributed by atoms with Crippen LogP contribution >= 0.6 is 0 Å². The summed E-state index contributed by atoms with van der Waals surface area (Å²) in [6.07, 6.45) is 0. The van der Waals surface area contributed by atoms with Crippen molar-refractivity contribution in [1.29, 1.82) is 0 Å². The Kier molecular flexibility index (Phi) is 3.28. The molecule has 0 saturated heterocycles. The summed E-state index contributed by atoms with van der Waals surface area (Å²) in [6.45, 7) is 1.66. The Morgan fingerprint density at radius 3 is 2.83 bits per heavy atom. The molecule has 1 N–H and O–H groups in total. The second kappa shape index (κ2) is 4.73. The van der Waals surface area contributed by atoms with Crippen LogP contribution in [-0.4, -0.2) is 18.6 Å². The number of halogens is 1. The fourth-order valence-corrected chi connectivity index (χ4v) is 2.37. The van der Waals surface area contributed by atoms with Crippen LogP contribution in [0.15, 0.2) is 28.8 Å². The monoisotopic (exact) mass is 271 g/mol. The van der Waals surface area contributed by atoms with Crippen LogP contribution in [0, 0.1) is 12.9 Å². The minimum absolute atomic E-state index is 0.0739. The predicted octanol–water partition coefficient (Wildman–Crippen LogP) is 1.46. The summed E-state index contributed by atoms with van der Waals surface area (Å²) >= 11 is 0. The van der Waals surface area contributed by atoms with Gasteiger partial charge in [0.15, 0.2) is 0 Å². The normalized spacial score (nSPS) is 11.4. The quantitative estimate of drug-likeness (QED) is 0.851. The largest absolute Gasteiger partial charge is 0.361 e. The highest BCUT2D eigenvalue weighted by Crippen LogP contribution is 2.11. The molecular weight excluding hydrogens is 261 g/mol. The summed E-state index contributed by atoms with van der Waals surface area (Å²) < 4.78 is 43.2. The molecule has 18 heavy (non-hydrogen) atoms. The summed E-state index contributed by atoms with van der Waals surface area (Å²) in [4.78, 5) is 3.40. The van der Waals surface area contributed by atoms with Crippen LogP contribution in [0.3, 0.4) is 0 Å². The van der Waals surface area contributed by atoms with Gasteiger partial charge in [-0.1, -0.05) is 11.2 Å². The number of hydrogen-bond donors (Lipinski definition) is 1. The van der Waals surface area contributed by atoms with Crippen molar-refractivity contribution in [2.75, 3.05) is 4.72 Å². The van der Waals surface area contributed by atoms with Crippen molar-refractivity contribution in [2.24, 2.45) is 0 Å². The van der Waals surface area contributed by atoms with E-state index in [1.165, 1.54) is 18.2 Å². The van der Waals surface area contributed by atoms with Crippen molar-refractivity contribution >= 4 is 15.8 Å². The average molecular weight is 271 g/mol. The number of rotatable bonds is 4. The molecule has 0 aliphatic rings. The smallest absolute Gasteiger partial charge is 0.239 e. The Labute approximate surface area is 103 Å². The third kappa shape index (κ3) is 3.27. The summed E-state index contributed by atoms with van der Waals surface area (Å²) in [5, 5.41) is 3.57. The highest BCUT2D eigenvalue weighted by molar-refractivity contribution is 7.91. The second-order valence-electron chi connectivity index (χ2n) is 3.64. The first-order chi connectivity index (χ1) is 8.44. The Morgan fingerprint density at radius 2 is 2.22 bits per heavy atom. The predicted molar refractivity (Wildman–Crippen MR) is 61.7 cm³/mol. The fraction of sp³-hybridized carbons (Fsp3) is 0.200. The van der Waals surface area contributed by atoms with E-state index in [9.17, 15) is 12.8 Å². The van der Waals surface area contributed by atoms with Crippen LogP contribution < -0.4 is 4.72 Å². The zero-order valence-corrected chi connectivity index (χ0v) is 10.2. The lowest BCUT2D eigenvalue weighted by atomic mass is 10.4. The number of pyridine rings is 1. The Bertz CT molecular complexity index is 654. The van der Waals surface area contributed by atoms with E-state index in [2.05, 4.69) is 14.9 Å². The minimum Gasteiger partial charge on any atom is -0.361 e. The first-order valence-electron chi connectivity index (χ1n) is 5.00. The lowest BCUT2D eigenvalue weighted by Crippen LogP contribution is -2.16. The maximum absolute atomic E-state index is 12.8. The van der Waals surface area contributed by atoms with Gasteiger partial charge in [-0.2, -0.15) is 4.39 Å². The lowest BCUT2D eigenvalue weighted by molar-refractivity contribution is 0.392. The van der Waals surface area contributed by atoms with Crippen molar-refractivity contribution in [3.8, 4) is 0 Å². The first kappa shape index (κ1) is 12.5. The maximum atomic E-state index is 12.8. The Hall–Kier alpha value is -1.96. The number of sulfonamides is 1. The van der Waals surface area contributed by atoms with Crippen molar-refractivity contribution in [1.82, 2.24) is 10.1 Å². The maximum Gasteiger partial charge on any atom is 0.239 e. The van der Waals surface area contributed by atoms with E-state index in [-0.39, 0.29) is 17.3 Å². The molecule has 2 aromatic rings. The first-order valence-corrected chi connectivity index (χ1v) is 6.65. The fourth-order valence-electron chi connectivity index (χ4n) is 1.34. The molecule has 0 unspecified atom stereocenters. The van der Waals surface area contributed by atoms with E-state index in [4.69, 9.17) is 4.52 Å². The molecule has 0 radical (unpaired) electrons. The highest BCUT2D eigenvalue weighted by atomic mass is 32.2. The van der Waals surface area contributed by atoms with E-state index >= 15 is 0 Å². The van der Waals surface area contributed by atoms with Gasteiger partial charge in [-0.05, 0) is 19.1 Å². The standard InChI is InChI=1S/C10H10FN3O3S/c1-7-5-8(13-17-7)6-18(15,16)14-10-4-2-3-9(11)12-10/h2-5H,6H2,1H3,(H,12,14). The average Bonchev–Trinajstić information content (AvgIpc) is 2.62. The molecule has 2 rings (SSSR count). The topological polar surface area (TPSA) is 85.1 Å². The van der Waals surface area contributed by atoms with Crippen LogP contribution in [-0.2, 0) is 15.8 Å². The van der Waals surface area contributed by atoms with Crippen LogP contribution in [0.2, 0.25) is 0 Å². The van der Waals surface area contributed by atoms with Gasteiger partial charge in [0.25, 0.3) is 0 Å². The van der Waals surface area contributed by atoms with E-state index in [0.29, 0.717) is 5.76 Å². The molecule has 96 valence electrons. The van der Waals surface area contributed by atoms with Crippen molar-refractivity contribution in [3.05, 3.63) is 41.7 Å². The van der Waals surface area contributed by atoms with Crippen molar-refractivity contribution < 1.29 is 17.3 Å². The minimum atomic E-state index is -3.69. The van der Waals surface area contributed by atoms with Gasteiger partial charge >= 0.3 is 0 Å². The van der Waals surface area contributed by atoms with Gasteiger partial charge in [0, 0.05) is 6.07 Å². The molecule has 0 aliphatic heterocycles. The van der Waals surface area contributed by atoms with Crippen LogP contribution in [0.4, 0.5) is 10.2 Å². The molecule has 0 amide bonds. The number of aryl methyl sites for hydroxylation is 1. The third-order valence-electron chi connectivity index (χ3n) is 1.99. The molecule has 2 aromatic heterocycles. The van der Waals surface area contributed by atoms with Gasteiger partial charge in [-0.3, -0.25) is 4.72 Å². The zero-order valence-electron chi connectivity index (χ0n) is 9.42. The molecular formula is C10H10FN3O3S. The molecule has 0 bridgehead atoms. The van der Waals surface area contributed by atoms with Crippen molar-refractivity contribution in [3.63, 3.8) is 0 Å². The molecule has 0 saturated carbocycles.